The summed E-state index contributed by atoms with van der Waals surface area (Å²) in [5.41, 5.74) is 3.96. The summed E-state index contributed by atoms with van der Waals surface area (Å²) in [5.74, 6) is 0. The van der Waals surface area contributed by atoms with E-state index in [0.717, 1.165) is 6.54 Å². The number of nitrogens with one attached hydrogen (secondary N) is 1. The van der Waals surface area contributed by atoms with Crippen molar-refractivity contribution in [2.24, 2.45) is 7.05 Å². The summed E-state index contributed by atoms with van der Waals surface area (Å²) in [6.07, 6.45) is 6.35. The van der Waals surface area contributed by atoms with E-state index in [4.69, 9.17) is 0 Å². The summed E-state index contributed by atoms with van der Waals surface area (Å²) >= 11 is 0. The molecule has 1 aromatic carbocycles. The molecule has 1 atom stereocenters. The average Bonchev–Trinajstić information content (AvgIpc) is 3.08. The van der Waals surface area contributed by atoms with Crippen molar-refractivity contribution in [1.29, 1.82) is 0 Å². The first-order valence-corrected chi connectivity index (χ1v) is 6.90. The summed E-state index contributed by atoms with van der Waals surface area (Å²) in [4.78, 5) is 4.25. The molecule has 0 aliphatic carbocycles. The lowest BCUT2D eigenvalue weighted by atomic mass is 10.0. The first kappa shape index (κ1) is 11.0. The Morgan fingerprint density at radius 2 is 2.16 bits per heavy atom. The van der Waals surface area contributed by atoms with E-state index in [-0.39, 0.29) is 0 Å². The largest absolute Gasteiger partial charge is 0.344 e. The zero-order valence-electron chi connectivity index (χ0n) is 11.1. The van der Waals surface area contributed by atoms with Gasteiger partial charge in [0.05, 0.1) is 5.52 Å². The van der Waals surface area contributed by atoms with E-state index < -0.39 is 0 Å². The third-order valence-corrected chi connectivity index (χ3v) is 4.30. The van der Waals surface area contributed by atoms with Gasteiger partial charge in [0.25, 0.3) is 0 Å². The molecule has 1 fully saturated rings. The molecule has 1 aliphatic heterocycles. The van der Waals surface area contributed by atoms with Crippen molar-refractivity contribution in [2.75, 3.05) is 6.54 Å². The van der Waals surface area contributed by atoms with Gasteiger partial charge in [-0.2, -0.15) is 0 Å². The van der Waals surface area contributed by atoms with Crippen LogP contribution >= 0.6 is 0 Å². The van der Waals surface area contributed by atoms with E-state index in [1.807, 2.05) is 12.4 Å². The van der Waals surface area contributed by atoms with Crippen molar-refractivity contribution >= 4 is 21.8 Å². The fraction of sp³-hybridized carbons (Fsp3) is 0.312. The summed E-state index contributed by atoms with van der Waals surface area (Å²) < 4.78 is 2.27. The van der Waals surface area contributed by atoms with Crippen molar-refractivity contribution in [3.8, 4) is 0 Å². The second-order valence-electron chi connectivity index (χ2n) is 5.38. The second-order valence-corrected chi connectivity index (χ2v) is 5.38. The summed E-state index contributed by atoms with van der Waals surface area (Å²) in [7, 11) is 2.14. The third-order valence-electron chi connectivity index (χ3n) is 4.30. The lowest BCUT2D eigenvalue weighted by Gasteiger charge is -2.11. The first-order valence-electron chi connectivity index (χ1n) is 6.90. The molecular weight excluding hydrogens is 234 g/mol. The standard InChI is InChI=1S/C16H17N3/c1-19-15-6-8-17-10-13(15)12-5-4-11(9-16(12)19)14-3-2-7-18-14/h4-6,8-10,14,18H,2-3,7H2,1H3. The second kappa shape index (κ2) is 4.07. The molecule has 0 spiro atoms. The number of benzene rings is 1. The SMILES string of the molecule is Cn1c2ccncc2c2ccc(C3CCCN3)cc21. The molecule has 1 saturated heterocycles. The molecule has 3 heterocycles. The van der Waals surface area contributed by atoms with Gasteiger partial charge >= 0.3 is 0 Å². The van der Waals surface area contributed by atoms with Crippen LogP contribution in [0.2, 0.25) is 0 Å². The van der Waals surface area contributed by atoms with Crippen LogP contribution < -0.4 is 5.32 Å². The van der Waals surface area contributed by atoms with Gasteiger partial charge < -0.3 is 9.88 Å². The van der Waals surface area contributed by atoms with E-state index in [2.05, 4.69) is 46.2 Å². The van der Waals surface area contributed by atoms with Gasteiger partial charge in [0.15, 0.2) is 0 Å². The molecule has 1 unspecified atom stereocenters. The number of aryl methyl sites for hydroxylation is 1. The Morgan fingerprint density at radius 1 is 1.21 bits per heavy atom. The molecule has 4 rings (SSSR count). The molecular formula is C16H17N3. The highest BCUT2D eigenvalue weighted by atomic mass is 15.0. The van der Waals surface area contributed by atoms with E-state index in [1.165, 1.54) is 40.2 Å². The van der Waals surface area contributed by atoms with Crippen molar-refractivity contribution in [1.82, 2.24) is 14.9 Å². The lowest BCUT2D eigenvalue weighted by Crippen LogP contribution is -2.12. The van der Waals surface area contributed by atoms with E-state index in [1.54, 1.807) is 0 Å². The predicted octanol–water partition coefficient (Wildman–Crippen LogP) is 3.15. The van der Waals surface area contributed by atoms with Crippen LogP contribution in [0, 0.1) is 0 Å². The quantitative estimate of drug-likeness (QED) is 0.720. The molecule has 3 heteroatoms. The maximum Gasteiger partial charge on any atom is 0.0519 e. The number of rotatable bonds is 1. The number of hydrogen-bond donors (Lipinski definition) is 1. The molecule has 0 bridgehead atoms. The molecule has 1 N–H and O–H groups in total. The Bertz CT molecular complexity index is 751. The predicted molar refractivity (Wildman–Crippen MR) is 78.2 cm³/mol. The van der Waals surface area contributed by atoms with E-state index in [9.17, 15) is 0 Å². The van der Waals surface area contributed by atoms with E-state index >= 15 is 0 Å². The van der Waals surface area contributed by atoms with Crippen LogP contribution in [-0.4, -0.2) is 16.1 Å². The maximum atomic E-state index is 4.25. The zero-order valence-corrected chi connectivity index (χ0v) is 11.1. The fourth-order valence-electron chi connectivity index (χ4n) is 3.26. The van der Waals surface area contributed by atoms with Crippen molar-refractivity contribution in [2.45, 2.75) is 18.9 Å². The highest BCUT2D eigenvalue weighted by molar-refractivity contribution is 6.07. The van der Waals surface area contributed by atoms with Crippen LogP contribution in [0.15, 0.2) is 36.7 Å². The third kappa shape index (κ3) is 1.58. The minimum atomic E-state index is 0.528. The lowest BCUT2D eigenvalue weighted by molar-refractivity contribution is 0.648. The Morgan fingerprint density at radius 3 is 3.00 bits per heavy atom. The fourth-order valence-corrected chi connectivity index (χ4v) is 3.26. The van der Waals surface area contributed by atoms with Gasteiger partial charge in [-0.15, -0.1) is 0 Å². The van der Waals surface area contributed by atoms with Gasteiger partial charge in [0, 0.05) is 41.8 Å². The van der Waals surface area contributed by atoms with Crippen molar-refractivity contribution in [3.63, 3.8) is 0 Å². The summed E-state index contributed by atoms with van der Waals surface area (Å²) in [6.45, 7) is 1.14. The van der Waals surface area contributed by atoms with Gasteiger partial charge in [-0.1, -0.05) is 12.1 Å². The van der Waals surface area contributed by atoms with Crippen LogP contribution in [0.25, 0.3) is 21.8 Å². The molecule has 0 amide bonds. The Balaban J connectivity index is 1.98. The maximum absolute atomic E-state index is 4.25. The highest BCUT2D eigenvalue weighted by Gasteiger charge is 2.17. The number of hydrogen-bond acceptors (Lipinski definition) is 2. The Kier molecular flexibility index (Phi) is 2.35. The van der Waals surface area contributed by atoms with Gasteiger partial charge in [-0.25, -0.2) is 0 Å². The molecule has 2 aromatic heterocycles. The van der Waals surface area contributed by atoms with Crippen LogP contribution in [0.4, 0.5) is 0 Å². The number of nitrogens with zero attached hydrogens (tertiary/aromatic N) is 2. The normalized spacial score (nSPS) is 19.5. The van der Waals surface area contributed by atoms with E-state index in [0.29, 0.717) is 6.04 Å². The van der Waals surface area contributed by atoms with Crippen LogP contribution in [0.1, 0.15) is 24.4 Å². The molecule has 1 aliphatic rings. The van der Waals surface area contributed by atoms with Gasteiger partial charge in [0.2, 0.25) is 0 Å². The Hall–Kier alpha value is -1.87. The minimum absolute atomic E-state index is 0.528. The first-order chi connectivity index (χ1) is 9.34. The van der Waals surface area contributed by atoms with Gasteiger partial charge in [-0.3, -0.25) is 4.98 Å². The highest BCUT2D eigenvalue weighted by Crippen LogP contribution is 2.31. The molecule has 19 heavy (non-hydrogen) atoms. The number of pyridine rings is 1. The monoisotopic (exact) mass is 251 g/mol. The molecule has 96 valence electrons. The Labute approximate surface area is 112 Å². The molecule has 3 nitrogen and oxygen atoms in total. The summed E-state index contributed by atoms with van der Waals surface area (Å²) in [6, 6.07) is 9.45. The summed E-state index contributed by atoms with van der Waals surface area (Å²) in [5, 5.41) is 6.11. The number of aromatic nitrogens is 2. The van der Waals surface area contributed by atoms with Crippen molar-refractivity contribution < 1.29 is 0 Å². The van der Waals surface area contributed by atoms with Gasteiger partial charge in [0.1, 0.15) is 0 Å². The van der Waals surface area contributed by atoms with Crippen LogP contribution in [0.3, 0.4) is 0 Å². The van der Waals surface area contributed by atoms with Crippen LogP contribution in [0.5, 0.6) is 0 Å². The molecule has 3 aromatic rings. The number of fused-ring (bicyclic) bond motifs is 3. The van der Waals surface area contributed by atoms with Crippen LogP contribution in [-0.2, 0) is 7.05 Å². The van der Waals surface area contributed by atoms with Gasteiger partial charge in [-0.05, 0) is 37.1 Å². The topological polar surface area (TPSA) is 29.9 Å². The molecule has 0 saturated carbocycles. The smallest absolute Gasteiger partial charge is 0.0519 e. The zero-order chi connectivity index (χ0) is 12.8. The average molecular weight is 251 g/mol. The molecule has 0 radical (unpaired) electrons. The minimum Gasteiger partial charge on any atom is -0.344 e. The van der Waals surface area contributed by atoms with Crippen molar-refractivity contribution in [3.05, 3.63) is 42.2 Å².